The van der Waals surface area contributed by atoms with Crippen LogP contribution in [0.4, 0.5) is 0 Å². The van der Waals surface area contributed by atoms with E-state index in [-0.39, 0.29) is 29.4 Å². The fourth-order valence-corrected chi connectivity index (χ4v) is 4.70. The molecule has 0 spiro atoms. The average molecular weight is 485 g/mol. The Bertz CT molecular complexity index is 1330. The summed E-state index contributed by atoms with van der Waals surface area (Å²) in [6.45, 7) is 0.571. The number of fused-ring (bicyclic) bond motifs is 2. The number of hydrogen-bond donors (Lipinski definition) is 2. The molecule has 33 heavy (non-hydrogen) atoms. The minimum absolute atomic E-state index is 0.0846. The lowest BCUT2D eigenvalue weighted by Crippen LogP contribution is -2.39. The predicted octanol–water partition coefficient (Wildman–Crippen LogP) is 6.20. The van der Waals surface area contributed by atoms with Gasteiger partial charge in [0, 0.05) is 33.4 Å². The molecule has 1 aliphatic rings. The third kappa shape index (κ3) is 4.87. The smallest absolute Gasteiger partial charge is 0.287 e. The highest BCUT2D eigenvalue weighted by Gasteiger charge is 2.25. The Morgan fingerprint density at radius 1 is 0.788 bits per heavy atom. The van der Waals surface area contributed by atoms with E-state index in [0.29, 0.717) is 33.7 Å². The first-order chi connectivity index (χ1) is 15.9. The molecule has 1 saturated carbocycles. The number of amides is 2. The Morgan fingerprint density at radius 3 is 1.91 bits per heavy atom. The summed E-state index contributed by atoms with van der Waals surface area (Å²) in [5, 5.41) is 8.84. The van der Waals surface area contributed by atoms with Gasteiger partial charge in [0.05, 0.1) is 0 Å². The molecule has 2 aromatic carbocycles. The number of benzene rings is 2. The van der Waals surface area contributed by atoms with Gasteiger partial charge in [-0.25, -0.2) is 0 Å². The van der Waals surface area contributed by atoms with E-state index in [0.717, 1.165) is 36.5 Å². The molecule has 5 rings (SSSR count). The van der Waals surface area contributed by atoms with Crippen molar-refractivity contribution in [1.82, 2.24) is 10.6 Å². The van der Waals surface area contributed by atoms with E-state index in [9.17, 15) is 9.59 Å². The van der Waals surface area contributed by atoms with Crippen LogP contribution >= 0.6 is 23.2 Å². The van der Waals surface area contributed by atoms with Gasteiger partial charge in [-0.15, -0.1) is 0 Å². The van der Waals surface area contributed by atoms with Crippen LogP contribution < -0.4 is 10.6 Å². The summed E-state index contributed by atoms with van der Waals surface area (Å²) in [6, 6.07) is 14.0. The highest BCUT2D eigenvalue weighted by molar-refractivity contribution is 6.31. The van der Waals surface area contributed by atoms with E-state index in [4.69, 9.17) is 32.0 Å². The molecule has 1 fully saturated rings. The fraction of sp³-hybridized carbons (Fsp3) is 0.280. The first kappa shape index (κ1) is 21.9. The standard InChI is InChI=1S/C25H22Cl2N2O4/c26-17-3-7-20-15(9-17)11-22(32-20)24(30)28-13-14-1-5-19(6-2-14)29-25(31)23-12-16-10-18(27)4-8-21(16)33-23/h3-4,7-12,14,19H,1-2,5-6,13H2,(H,28,30)(H,29,31)/t14-,19-. The lowest BCUT2D eigenvalue weighted by atomic mass is 9.86. The maximum Gasteiger partial charge on any atom is 0.287 e. The quantitative estimate of drug-likeness (QED) is 0.352. The molecule has 0 bridgehead atoms. The van der Waals surface area contributed by atoms with E-state index >= 15 is 0 Å². The molecule has 2 aromatic heterocycles. The SMILES string of the molecule is O=C(NC[C@H]1CC[C@H](NC(=O)c2cc3cc(Cl)ccc3o2)CC1)c1cc2cc(Cl)ccc2o1. The van der Waals surface area contributed by atoms with Crippen LogP contribution in [0.15, 0.2) is 57.4 Å². The molecule has 2 heterocycles. The van der Waals surface area contributed by atoms with Crippen LogP contribution in [-0.2, 0) is 0 Å². The van der Waals surface area contributed by atoms with E-state index < -0.39 is 0 Å². The normalized spacial score (nSPS) is 18.5. The highest BCUT2D eigenvalue weighted by atomic mass is 35.5. The molecule has 2 N–H and O–H groups in total. The van der Waals surface area contributed by atoms with Crippen molar-refractivity contribution in [3.63, 3.8) is 0 Å². The monoisotopic (exact) mass is 484 g/mol. The van der Waals surface area contributed by atoms with Crippen LogP contribution in [0.25, 0.3) is 21.9 Å². The molecule has 0 aliphatic heterocycles. The van der Waals surface area contributed by atoms with E-state index in [1.165, 1.54) is 0 Å². The summed E-state index contributed by atoms with van der Waals surface area (Å²) in [6.07, 6.45) is 3.52. The number of furan rings is 2. The zero-order valence-electron chi connectivity index (χ0n) is 17.7. The summed E-state index contributed by atoms with van der Waals surface area (Å²) in [5.41, 5.74) is 1.27. The first-order valence-corrected chi connectivity index (χ1v) is 11.7. The Balaban J connectivity index is 1.10. The minimum Gasteiger partial charge on any atom is -0.451 e. The van der Waals surface area contributed by atoms with Crippen molar-refractivity contribution in [1.29, 1.82) is 0 Å². The molecule has 0 saturated heterocycles. The molecule has 1 aliphatic carbocycles. The lowest BCUT2D eigenvalue weighted by molar-refractivity contribution is 0.0893. The van der Waals surface area contributed by atoms with Crippen molar-refractivity contribution in [2.75, 3.05) is 6.54 Å². The van der Waals surface area contributed by atoms with Gasteiger partial charge in [-0.3, -0.25) is 9.59 Å². The number of rotatable bonds is 5. The van der Waals surface area contributed by atoms with Crippen molar-refractivity contribution >= 4 is 57.0 Å². The highest BCUT2D eigenvalue weighted by Crippen LogP contribution is 2.27. The Labute approximate surface area is 200 Å². The number of carbonyl (C=O) groups excluding carboxylic acids is 2. The van der Waals surface area contributed by atoms with Gasteiger partial charge in [0.2, 0.25) is 0 Å². The topological polar surface area (TPSA) is 84.5 Å². The van der Waals surface area contributed by atoms with Crippen LogP contribution in [0, 0.1) is 5.92 Å². The third-order valence-electron chi connectivity index (χ3n) is 6.14. The molecule has 0 radical (unpaired) electrons. The second-order valence-corrected chi connectivity index (χ2v) is 9.36. The van der Waals surface area contributed by atoms with Crippen molar-refractivity contribution in [2.45, 2.75) is 31.7 Å². The van der Waals surface area contributed by atoms with Gasteiger partial charge in [0.1, 0.15) is 11.2 Å². The second-order valence-electron chi connectivity index (χ2n) is 8.49. The Kier molecular flexibility index (Phi) is 6.04. The maximum atomic E-state index is 12.6. The van der Waals surface area contributed by atoms with E-state index in [1.54, 1.807) is 48.5 Å². The number of nitrogens with one attached hydrogen (secondary N) is 2. The molecule has 0 atom stereocenters. The molecule has 2 amide bonds. The van der Waals surface area contributed by atoms with Crippen LogP contribution in [0.3, 0.4) is 0 Å². The van der Waals surface area contributed by atoms with Crippen LogP contribution in [-0.4, -0.2) is 24.4 Å². The van der Waals surface area contributed by atoms with Crippen LogP contribution in [0.1, 0.15) is 46.8 Å². The molecule has 8 heteroatoms. The van der Waals surface area contributed by atoms with Crippen molar-refractivity contribution in [3.05, 3.63) is 70.1 Å². The van der Waals surface area contributed by atoms with Gasteiger partial charge in [0.25, 0.3) is 11.8 Å². The molecular weight excluding hydrogens is 463 g/mol. The van der Waals surface area contributed by atoms with Gasteiger partial charge in [0.15, 0.2) is 11.5 Å². The predicted molar refractivity (Wildman–Crippen MR) is 128 cm³/mol. The van der Waals surface area contributed by atoms with Crippen molar-refractivity contribution < 1.29 is 18.4 Å². The summed E-state index contributed by atoms with van der Waals surface area (Å²) < 4.78 is 11.3. The van der Waals surface area contributed by atoms with Gasteiger partial charge >= 0.3 is 0 Å². The van der Waals surface area contributed by atoms with Crippen molar-refractivity contribution in [3.8, 4) is 0 Å². The summed E-state index contributed by atoms with van der Waals surface area (Å²) >= 11 is 12.0. The number of halogens is 2. The zero-order chi connectivity index (χ0) is 22.9. The number of hydrogen-bond acceptors (Lipinski definition) is 4. The molecule has 170 valence electrons. The van der Waals surface area contributed by atoms with Gasteiger partial charge in [-0.05, 0) is 80.1 Å². The van der Waals surface area contributed by atoms with Gasteiger partial charge < -0.3 is 19.5 Å². The molecule has 4 aromatic rings. The largest absolute Gasteiger partial charge is 0.451 e. The molecule has 0 unspecified atom stereocenters. The summed E-state index contributed by atoms with van der Waals surface area (Å²) in [5.74, 6) is 0.468. The molecular formula is C25H22Cl2N2O4. The minimum atomic E-state index is -0.234. The maximum absolute atomic E-state index is 12.6. The third-order valence-corrected chi connectivity index (χ3v) is 6.61. The average Bonchev–Trinajstić information content (AvgIpc) is 3.42. The Hall–Kier alpha value is -2.96. The first-order valence-electron chi connectivity index (χ1n) is 10.9. The van der Waals surface area contributed by atoms with Gasteiger partial charge in [-0.2, -0.15) is 0 Å². The van der Waals surface area contributed by atoms with Crippen LogP contribution in [0.2, 0.25) is 10.0 Å². The second kappa shape index (κ2) is 9.12. The lowest BCUT2D eigenvalue weighted by Gasteiger charge is -2.28. The van der Waals surface area contributed by atoms with E-state index in [2.05, 4.69) is 10.6 Å². The van der Waals surface area contributed by atoms with Gasteiger partial charge in [-0.1, -0.05) is 23.2 Å². The summed E-state index contributed by atoms with van der Waals surface area (Å²) in [7, 11) is 0. The zero-order valence-corrected chi connectivity index (χ0v) is 19.2. The van der Waals surface area contributed by atoms with Crippen LogP contribution in [0.5, 0.6) is 0 Å². The Morgan fingerprint density at radius 2 is 1.33 bits per heavy atom. The summed E-state index contributed by atoms with van der Waals surface area (Å²) in [4.78, 5) is 25.1. The molecule has 6 nitrogen and oxygen atoms in total. The van der Waals surface area contributed by atoms with Crippen molar-refractivity contribution in [2.24, 2.45) is 5.92 Å². The fourth-order valence-electron chi connectivity index (χ4n) is 4.34. The number of carbonyl (C=O) groups is 2. The van der Waals surface area contributed by atoms with E-state index in [1.807, 2.05) is 0 Å².